The van der Waals surface area contributed by atoms with Gasteiger partial charge in [0, 0.05) is 35.6 Å². The van der Waals surface area contributed by atoms with E-state index in [4.69, 9.17) is 4.74 Å². The zero-order valence-corrected chi connectivity index (χ0v) is 20.6. The van der Waals surface area contributed by atoms with Gasteiger partial charge in [-0.3, -0.25) is 9.69 Å². The molecule has 3 nitrogen and oxygen atoms in total. The zero-order valence-electron chi connectivity index (χ0n) is 19.0. The van der Waals surface area contributed by atoms with Gasteiger partial charge in [0.1, 0.15) is 5.75 Å². The van der Waals surface area contributed by atoms with Crippen molar-refractivity contribution in [2.45, 2.75) is 69.6 Å². The Morgan fingerprint density at radius 2 is 2.03 bits per heavy atom. The number of unbranched alkanes of at least 4 members (excludes halogenated alkanes) is 1. The fourth-order valence-electron chi connectivity index (χ4n) is 5.56. The predicted octanol–water partition coefficient (Wildman–Crippen LogP) is 6.84. The van der Waals surface area contributed by atoms with Crippen molar-refractivity contribution < 1.29 is 9.53 Å². The smallest absolute Gasteiger partial charge is 0.311 e. The van der Waals surface area contributed by atoms with Crippen LogP contribution in [0.5, 0.6) is 5.75 Å². The van der Waals surface area contributed by atoms with Crippen molar-refractivity contribution in [1.29, 1.82) is 0 Å². The molecule has 0 N–H and O–H groups in total. The van der Waals surface area contributed by atoms with E-state index in [1.165, 1.54) is 47.3 Å². The van der Waals surface area contributed by atoms with Crippen molar-refractivity contribution in [2.24, 2.45) is 0 Å². The highest BCUT2D eigenvalue weighted by atomic mass is 33.1. The van der Waals surface area contributed by atoms with Gasteiger partial charge in [-0.25, -0.2) is 0 Å². The minimum absolute atomic E-state index is 0.0913. The second-order valence-corrected chi connectivity index (χ2v) is 12.0. The van der Waals surface area contributed by atoms with Crippen molar-refractivity contribution in [2.75, 3.05) is 18.8 Å². The van der Waals surface area contributed by atoms with E-state index >= 15 is 0 Å². The maximum Gasteiger partial charge on any atom is 0.311 e. The van der Waals surface area contributed by atoms with Crippen molar-refractivity contribution in [3.05, 3.63) is 53.1 Å². The van der Waals surface area contributed by atoms with Crippen LogP contribution in [0.2, 0.25) is 0 Å². The molecule has 1 fully saturated rings. The number of carbonyl (C=O) groups excluding carboxylic acids is 1. The van der Waals surface area contributed by atoms with Crippen LogP contribution >= 0.6 is 21.6 Å². The molecule has 1 saturated heterocycles. The van der Waals surface area contributed by atoms with Crippen LogP contribution in [-0.4, -0.2) is 35.0 Å². The molecule has 32 heavy (non-hydrogen) atoms. The molecule has 0 saturated carbocycles. The number of hydrogen-bond acceptors (Lipinski definition) is 5. The SMILES string of the molecule is CCCN1CCc2cccc3c2[C@H]1Cc1cccc(OC(=O)CCCC[C@@H]2CCSS2)c1-3. The normalized spacial score (nSPS) is 21.8. The van der Waals surface area contributed by atoms with Crippen LogP contribution in [0.25, 0.3) is 11.1 Å². The largest absolute Gasteiger partial charge is 0.426 e. The first-order chi connectivity index (χ1) is 15.7. The first-order valence-corrected chi connectivity index (χ1v) is 14.6. The fourth-order valence-corrected chi connectivity index (χ4v) is 8.58. The van der Waals surface area contributed by atoms with Gasteiger partial charge in [0.05, 0.1) is 0 Å². The average Bonchev–Trinajstić information content (AvgIpc) is 3.32. The summed E-state index contributed by atoms with van der Waals surface area (Å²) >= 11 is 0. The van der Waals surface area contributed by atoms with Gasteiger partial charge in [0.25, 0.3) is 0 Å². The van der Waals surface area contributed by atoms with Crippen molar-refractivity contribution in [3.8, 4) is 16.9 Å². The van der Waals surface area contributed by atoms with E-state index in [2.05, 4.69) is 42.2 Å². The molecular formula is C27H33NO2S2. The molecule has 2 aliphatic heterocycles. The molecule has 0 aromatic heterocycles. The summed E-state index contributed by atoms with van der Waals surface area (Å²) in [4.78, 5) is 15.3. The quantitative estimate of drug-likeness (QED) is 0.184. The van der Waals surface area contributed by atoms with E-state index < -0.39 is 0 Å². The van der Waals surface area contributed by atoms with E-state index in [9.17, 15) is 4.79 Å². The highest BCUT2D eigenvalue weighted by Gasteiger charge is 2.35. The van der Waals surface area contributed by atoms with Gasteiger partial charge in [-0.2, -0.15) is 0 Å². The molecule has 1 aliphatic carbocycles. The lowest BCUT2D eigenvalue weighted by Gasteiger charge is -2.41. The Labute approximate surface area is 200 Å². The van der Waals surface area contributed by atoms with Crippen LogP contribution in [0.4, 0.5) is 0 Å². The number of nitrogens with zero attached hydrogens (tertiary/aromatic N) is 1. The van der Waals surface area contributed by atoms with Gasteiger partial charge < -0.3 is 4.74 Å². The highest BCUT2D eigenvalue weighted by molar-refractivity contribution is 8.77. The maximum absolute atomic E-state index is 12.7. The van der Waals surface area contributed by atoms with Crippen LogP contribution in [0.3, 0.4) is 0 Å². The molecule has 170 valence electrons. The number of benzene rings is 2. The molecule has 0 bridgehead atoms. The Morgan fingerprint density at radius 1 is 1.16 bits per heavy atom. The number of hydrogen-bond donors (Lipinski definition) is 0. The van der Waals surface area contributed by atoms with E-state index in [0.717, 1.165) is 55.3 Å². The van der Waals surface area contributed by atoms with Crippen molar-refractivity contribution in [3.63, 3.8) is 0 Å². The predicted molar refractivity (Wildman–Crippen MR) is 136 cm³/mol. The Morgan fingerprint density at radius 3 is 2.88 bits per heavy atom. The van der Waals surface area contributed by atoms with Crippen LogP contribution in [0, 0.1) is 0 Å². The number of carbonyl (C=O) groups is 1. The third kappa shape index (κ3) is 4.62. The summed E-state index contributed by atoms with van der Waals surface area (Å²) in [5, 5.41) is 0.779. The van der Waals surface area contributed by atoms with E-state index in [0.29, 0.717) is 12.5 Å². The third-order valence-electron chi connectivity index (χ3n) is 7.05. The van der Waals surface area contributed by atoms with Crippen molar-refractivity contribution in [1.82, 2.24) is 4.90 Å². The Bertz CT molecular complexity index is 970. The molecule has 2 aromatic carbocycles. The first kappa shape index (κ1) is 22.4. The van der Waals surface area contributed by atoms with E-state index in [1.807, 2.05) is 27.7 Å². The van der Waals surface area contributed by atoms with Crippen molar-refractivity contribution >= 4 is 27.6 Å². The molecule has 5 rings (SSSR count). The molecular weight excluding hydrogens is 434 g/mol. The van der Waals surface area contributed by atoms with E-state index in [-0.39, 0.29) is 5.97 Å². The van der Waals surface area contributed by atoms with Gasteiger partial charge in [-0.1, -0.05) is 65.3 Å². The summed E-state index contributed by atoms with van der Waals surface area (Å²) in [5.41, 5.74) is 6.66. The van der Waals surface area contributed by atoms with Gasteiger partial charge in [-0.05, 0) is 73.4 Å². The van der Waals surface area contributed by atoms with Crippen LogP contribution in [0.1, 0.15) is 68.2 Å². The lowest BCUT2D eigenvalue weighted by atomic mass is 9.77. The first-order valence-electron chi connectivity index (χ1n) is 12.2. The molecule has 2 heterocycles. The lowest BCUT2D eigenvalue weighted by Crippen LogP contribution is -2.38. The second-order valence-electron chi connectivity index (χ2n) is 9.22. The monoisotopic (exact) mass is 467 g/mol. The van der Waals surface area contributed by atoms with Gasteiger partial charge >= 0.3 is 5.97 Å². The average molecular weight is 468 g/mol. The summed E-state index contributed by atoms with van der Waals surface area (Å²) < 4.78 is 5.98. The summed E-state index contributed by atoms with van der Waals surface area (Å²) in [6.07, 6.45) is 8.36. The Kier molecular flexibility index (Phi) is 7.15. The van der Waals surface area contributed by atoms with Crippen LogP contribution < -0.4 is 4.74 Å². The molecule has 0 amide bonds. The molecule has 0 radical (unpaired) electrons. The number of ether oxygens (including phenoxy) is 1. The molecule has 3 aliphatic rings. The molecule has 0 unspecified atom stereocenters. The molecule has 5 heteroatoms. The molecule has 0 spiro atoms. The summed E-state index contributed by atoms with van der Waals surface area (Å²) in [7, 11) is 4.01. The number of esters is 1. The summed E-state index contributed by atoms with van der Waals surface area (Å²) in [5.74, 6) is 1.93. The minimum Gasteiger partial charge on any atom is -0.426 e. The maximum atomic E-state index is 12.7. The number of rotatable bonds is 8. The topological polar surface area (TPSA) is 29.5 Å². The van der Waals surface area contributed by atoms with Crippen LogP contribution in [0.15, 0.2) is 36.4 Å². The summed E-state index contributed by atoms with van der Waals surface area (Å²) in [6, 6.07) is 13.4. The van der Waals surface area contributed by atoms with Crippen LogP contribution in [-0.2, 0) is 17.6 Å². The Balaban J connectivity index is 1.32. The van der Waals surface area contributed by atoms with Gasteiger partial charge in [0.2, 0.25) is 0 Å². The summed E-state index contributed by atoms with van der Waals surface area (Å²) in [6.45, 7) is 4.54. The standard InChI is InChI=1S/C27H33NO2S2/c1-2-15-28-16-13-19-7-5-10-22-26(19)23(28)18-20-8-6-11-24(27(20)22)30-25(29)12-4-3-9-21-14-17-31-32-21/h5-8,10-11,21,23H,2-4,9,12-18H2,1H3/t21-,23-/m1/s1. The molecule has 2 aromatic rings. The fraction of sp³-hybridized carbons (Fsp3) is 0.519. The van der Waals surface area contributed by atoms with Gasteiger partial charge in [-0.15, -0.1) is 0 Å². The van der Waals surface area contributed by atoms with E-state index in [1.54, 1.807) is 0 Å². The molecule has 2 atom stereocenters. The minimum atomic E-state index is -0.0913. The van der Waals surface area contributed by atoms with Gasteiger partial charge in [0.15, 0.2) is 0 Å². The highest BCUT2D eigenvalue weighted by Crippen LogP contribution is 2.48. The number of fused-ring (bicyclic) bond motifs is 2. The third-order valence-corrected chi connectivity index (χ3v) is 10.1. The Hall–Kier alpha value is -1.43. The lowest BCUT2D eigenvalue weighted by molar-refractivity contribution is -0.134. The second kappa shape index (κ2) is 10.2. The zero-order chi connectivity index (χ0) is 21.9.